The summed E-state index contributed by atoms with van der Waals surface area (Å²) in [5.74, 6) is -1.27. The number of carboxylic acids is 1. The Hall–Kier alpha value is -1.47. The van der Waals surface area contributed by atoms with Crippen molar-refractivity contribution in [2.75, 3.05) is 0 Å². The summed E-state index contributed by atoms with van der Waals surface area (Å²) in [5, 5.41) is 12.4. The molecule has 3 N–H and O–H groups in total. The first-order valence-electron chi connectivity index (χ1n) is 4.48. The predicted octanol–water partition coefficient (Wildman–Crippen LogP) is 1.10. The maximum Gasteiger partial charge on any atom is 0.391 e. The number of nitrogens with one attached hydrogen (secondary N) is 2. The van der Waals surface area contributed by atoms with Gasteiger partial charge in [0, 0.05) is 6.04 Å². The minimum atomic E-state index is -4.37. The van der Waals surface area contributed by atoms with E-state index < -0.39 is 36.7 Å². The molecule has 0 aliphatic heterocycles. The normalized spacial score (nSPS) is 15.1. The number of urea groups is 1. The van der Waals surface area contributed by atoms with Crippen LogP contribution in [-0.4, -0.2) is 35.4 Å². The van der Waals surface area contributed by atoms with Crippen molar-refractivity contribution in [1.29, 1.82) is 0 Å². The van der Waals surface area contributed by atoms with E-state index in [4.69, 9.17) is 5.11 Å². The lowest BCUT2D eigenvalue weighted by Crippen LogP contribution is -2.47. The zero-order valence-corrected chi connectivity index (χ0v) is 8.76. The van der Waals surface area contributed by atoms with E-state index in [0.29, 0.717) is 0 Å². The van der Waals surface area contributed by atoms with Gasteiger partial charge in [-0.3, -0.25) is 4.79 Å². The zero-order valence-electron chi connectivity index (χ0n) is 8.76. The van der Waals surface area contributed by atoms with E-state index in [2.05, 4.69) is 0 Å². The molecule has 0 aliphatic carbocycles. The van der Waals surface area contributed by atoms with Crippen molar-refractivity contribution in [3.8, 4) is 0 Å². The molecule has 2 amide bonds. The van der Waals surface area contributed by atoms with Crippen molar-refractivity contribution in [3.63, 3.8) is 0 Å². The quantitative estimate of drug-likeness (QED) is 0.690. The lowest BCUT2D eigenvalue weighted by molar-refractivity contribution is -0.140. The molecule has 0 heterocycles. The average molecular weight is 242 g/mol. The molecule has 0 aromatic rings. The maximum atomic E-state index is 11.9. The summed E-state index contributed by atoms with van der Waals surface area (Å²) >= 11 is 0. The highest BCUT2D eigenvalue weighted by Gasteiger charge is 2.30. The van der Waals surface area contributed by atoms with Crippen LogP contribution in [0.1, 0.15) is 20.3 Å². The van der Waals surface area contributed by atoms with E-state index in [-0.39, 0.29) is 0 Å². The number of alkyl halides is 3. The number of carbonyl (C=O) groups is 2. The minimum absolute atomic E-state index is 0.938. The first-order valence-corrected chi connectivity index (χ1v) is 4.48. The lowest BCUT2D eigenvalue weighted by Gasteiger charge is -2.17. The molecule has 0 spiro atoms. The molecule has 2 atom stereocenters. The number of aliphatic carboxylic acids is 1. The molecule has 0 aromatic carbocycles. The van der Waals surface area contributed by atoms with Crippen LogP contribution in [0.5, 0.6) is 0 Å². The fourth-order valence-corrected chi connectivity index (χ4v) is 0.922. The van der Waals surface area contributed by atoms with E-state index in [1.165, 1.54) is 13.8 Å². The highest BCUT2D eigenvalue weighted by molar-refractivity contribution is 5.82. The van der Waals surface area contributed by atoms with Gasteiger partial charge in [-0.25, -0.2) is 4.79 Å². The van der Waals surface area contributed by atoms with Gasteiger partial charge in [0.2, 0.25) is 0 Å². The largest absolute Gasteiger partial charge is 0.480 e. The molecule has 0 rings (SSSR count). The van der Waals surface area contributed by atoms with Gasteiger partial charge < -0.3 is 15.7 Å². The third-order valence-corrected chi connectivity index (χ3v) is 1.63. The molecule has 16 heavy (non-hydrogen) atoms. The van der Waals surface area contributed by atoms with Gasteiger partial charge in [0.15, 0.2) is 0 Å². The van der Waals surface area contributed by atoms with Crippen LogP contribution in [0.25, 0.3) is 0 Å². The number of halogens is 3. The van der Waals surface area contributed by atoms with Crippen LogP contribution < -0.4 is 10.6 Å². The molecule has 0 saturated heterocycles. The van der Waals surface area contributed by atoms with Gasteiger partial charge in [-0.2, -0.15) is 13.2 Å². The lowest BCUT2D eigenvalue weighted by atomic mass is 10.2. The Balaban J connectivity index is 4.01. The van der Waals surface area contributed by atoms with Gasteiger partial charge in [-0.1, -0.05) is 0 Å². The Labute approximate surface area is 90.0 Å². The van der Waals surface area contributed by atoms with E-state index in [9.17, 15) is 22.8 Å². The van der Waals surface area contributed by atoms with Crippen molar-refractivity contribution >= 4 is 12.0 Å². The summed E-state index contributed by atoms with van der Waals surface area (Å²) in [4.78, 5) is 21.3. The van der Waals surface area contributed by atoms with E-state index in [1.807, 2.05) is 10.6 Å². The second kappa shape index (κ2) is 5.57. The van der Waals surface area contributed by atoms with E-state index in [1.54, 1.807) is 0 Å². The predicted molar refractivity (Wildman–Crippen MR) is 48.9 cm³/mol. The SMILES string of the molecule is CC(CC(F)(F)F)NC(=O)N[C@H](C)C(=O)O. The van der Waals surface area contributed by atoms with Crippen molar-refractivity contribution < 1.29 is 27.9 Å². The van der Waals surface area contributed by atoms with Crippen molar-refractivity contribution in [1.82, 2.24) is 10.6 Å². The molecule has 8 heteroatoms. The van der Waals surface area contributed by atoms with Crippen LogP contribution in [0.3, 0.4) is 0 Å². The third kappa shape index (κ3) is 6.91. The van der Waals surface area contributed by atoms with Crippen LogP contribution in [0.2, 0.25) is 0 Å². The third-order valence-electron chi connectivity index (χ3n) is 1.63. The van der Waals surface area contributed by atoms with Gasteiger partial charge in [-0.15, -0.1) is 0 Å². The molecule has 0 aliphatic rings. The molecule has 0 aromatic heterocycles. The number of hydrogen-bond donors (Lipinski definition) is 3. The van der Waals surface area contributed by atoms with Gasteiger partial charge >= 0.3 is 18.2 Å². The Morgan fingerprint density at radius 2 is 1.75 bits per heavy atom. The highest BCUT2D eigenvalue weighted by Crippen LogP contribution is 2.21. The second-order valence-electron chi connectivity index (χ2n) is 3.40. The summed E-state index contributed by atoms with van der Waals surface area (Å²) in [5.41, 5.74) is 0. The topological polar surface area (TPSA) is 78.4 Å². The number of carbonyl (C=O) groups excluding carboxylic acids is 1. The summed E-state index contributed by atoms with van der Waals surface area (Å²) in [6.07, 6.45) is -5.53. The Morgan fingerprint density at radius 3 is 2.12 bits per heavy atom. The summed E-state index contributed by atoms with van der Waals surface area (Å²) in [7, 11) is 0. The van der Waals surface area contributed by atoms with Crippen LogP contribution in [-0.2, 0) is 4.79 Å². The van der Waals surface area contributed by atoms with Gasteiger partial charge in [0.1, 0.15) is 6.04 Å². The van der Waals surface area contributed by atoms with Crippen LogP contribution in [0.15, 0.2) is 0 Å². The molecule has 1 unspecified atom stereocenters. The molecule has 0 saturated carbocycles. The number of amides is 2. The first-order chi connectivity index (χ1) is 7.11. The summed E-state index contributed by atoms with van der Waals surface area (Å²) in [6, 6.07) is -3.20. The highest BCUT2D eigenvalue weighted by atomic mass is 19.4. The van der Waals surface area contributed by atoms with Crippen LogP contribution >= 0.6 is 0 Å². The van der Waals surface area contributed by atoms with Crippen molar-refractivity contribution in [2.24, 2.45) is 0 Å². The van der Waals surface area contributed by atoms with Crippen molar-refractivity contribution in [2.45, 2.75) is 38.5 Å². The molecule has 5 nitrogen and oxygen atoms in total. The number of carboxylic acid groups (broad SMARTS) is 1. The maximum absolute atomic E-state index is 11.9. The molecule has 94 valence electrons. The van der Waals surface area contributed by atoms with E-state index >= 15 is 0 Å². The standard InChI is InChI=1S/C8H13F3N2O3/c1-4(3-8(9,10)11)12-7(16)13-5(2)6(14)15/h4-5H,3H2,1-2H3,(H,14,15)(H2,12,13,16)/t4?,5-/m1/s1. The first kappa shape index (κ1) is 14.5. The molecule has 0 bridgehead atoms. The van der Waals surface area contributed by atoms with Gasteiger partial charge in [-0.05, 0) is 13.8 Å². The van der Waals surface area contributed by atoms with Crippen LogP contribution in [0, 0.1) is 0 Å². The Bertz CT molecular complexity index is 268. The number of hydrogen-bond acceptors (Lipinski definition) is 2. The fourth-order valence-electron chi connectivity index (χ4n) is 0.922. The smallest absolute Gasteiger partial charge is 0.391 e. The molecule has 0 fully saturated rings. The van der Waals surface area contributed by atoms with Gasteiger partial charge in [0.25, 0.3) is 0 Å². The second-order valence-corrected chi connectivity index (χ2v) is 3.40. The Morgan fingerprint density at radius 1 is 1.25 bits per heavy atom. The zero-order chi connectivity index (χ0) is 12.9. The minimum Gasteiger partial charge on any atom is -0.480 e. The van der Waals surface area contributed by atoms with E-state index in [0.717, 1.165) is 0 Å². The van der Waals surface area contributed by atoms with Crippen LogP contribution in [0.4, 0.5) is 18.0 Å². The monoisotopic (exact) mass is 242 g/mol. The average Bonchev–Trinajstić information content (AvgIpc) is 1.98. The Kier molecular flexibility index (Phi) is 5.06. The summed E-state index contributed by atoms with van der Waals surface area (Å²) < 4.78 is 35.6. The van der Waals surface area contributed by atoms with Gasteiger partial charge in [0.05, 0.1) is 6.42 Å². The summed E-state index contributed by atoms with van der Waals surface area (Å²) in [6.45, 7) is 2.38. The molecule has 0 radical (unpaired) electrons. The fraction of sp³-hybridized carbons (Fsp3) is 0.750. The van der Waals surface area contributed by atoms with Crippen molar-refractivity contribution in [3.05, 3.63) is 0 Å². The molecular weight excluding hydrogens is 229 g/mol. The number of rotatable bonds is 4. The molecular formula is C8H13F3N2O3.